The highest BCUT2D eigenvalue weighted by Gasteiger charge is 2.20. The van der Waals surface area contributed by atoms with Crippen LogP contribution >= 0.6 is 22.7 Å². The van der Waals surface area contributed by atoms with Crippen molar-refractivity contribution < 1.29 is 4.74 Å². The van der Waals surface area contributed by atoms with Crippen molar-refractivity contribution >= 4 is 22.7 Å². The fourth-order valence-electron chi connectivity index (χ4n) is 3.12. The van der Waals surface area contributed by atoms with Gasteiger partial charge in [0.05, 0.1) is 16.7 Å². The van der Waals surface area contributed by atoms with Gasteiger partial charge in [0.25, 0.3) is 0 Å². The smallest absolute Gasteiger partial charge is 0.0749 e. The maximum atomic E-state index is 5.86. The van der Waals surface area contributed by atoms with Crippen LogP contribution in [0.15, 0.2) is 41.2 Å². The second-order valence-electron chi connectivity index (χ2n) is 6.17. The molecule has 4 rings (SSSR count). The first kappa shape index (κ1) is 16.0. The molecule has 1 aliphatic heterocycles. The van der Waals surface area contributed by atoms with Gasteiger partial charge in [-0.05, 0) is 53.4 Å². The largest absolute Gasteiger partial charge is 0.377 e. The van der Waals surface area contributed by atoms with E-state index in [1.807, 2.05) is 17.4 Å². The van der Waals surface area contributed by atoms with E-state index < -0.39 is 0 Å². The first-order chi connectivity index (χ1) is 11.9. The number of ether oxygens (including phenoxy) is 1. The summed E-state index contributed by atoms with van der Waals surface area (Å²) in [6.45, 7) is 3.88. The summed E-state index contributed by atoms with van der Waals surface area (Å²) in [5, 5.41) is 11.5. The third-order valence-electron chi connectivity index (χ3n) is 4.28. The van der Waals surface area contributed by atoms with Crippen LogP contribution < -0.4 is 0 Å². The number of nitrogens with zero attached hydrogens (tertiary/aromatic N) is 2. The molecule has 1 N–H and O–H groups in total. The van der Waals surface area contributed by atoms with Crippen LogP contribution in [-0.4, -0.2) is 34.4 Å². The number of thiophene rings is 2. The summed E-state index contributed by atoms with van der Waals surface area (Å²) in [7, 11) is 0. The van der Waals surface area contributed by atoms with Crippen LogP contribution in [0.1, 0.15) is 23.3 Å². The Hall–Kier alpha value is -1.47. The SMILES string of the molecule is c1cc(-c2ccc(CN(Cc3ccsc3)C[C@@H]3CCCO3)s2)[nH]n1. The van der Waals surface area contributed by atoms with E-state index in [1.54, 1.807) is 17.5 Å². The van der Waals surface area contributed by atoms with Gasteiger partial charge in [-0.15, -0.1) is 11.3 Å². The molecular formula is C18H21N3OS2. The average Bonchev–Trinajstić information content (AvgIpc) is 3.37. The maximum absolute atomic E-state index is 5.86. The molecule has 0 unspecified atom stereocenters. The molecule has 6 heteroatoms. The van der Waals surface area contributed by atoms with Crippen molar-refractivity contribution in [1.82, 2.24) is 15.1 Å². The molecule has 3 aromatic heterocycles. The van der Waals surface area contributed by atoms with Gasteiger partial charge in [0.2, 0.25) is 0 Å². The van der Waals surface area contributed by atoms with Crippen LogP contribution in [0, 0.1) is 0 Å². The van der Waals surface area contributed by atoms with E-state index in [4.69, 9.17) is 4.74 Å². The van der Waals surface area contributed by atoms with Gasteiger partial charge in [-0.3, -0.25) is 10.00 Å². The summed E-state index contributed by atoms with van der Waals surface area (Å²) in [4.78, 5) is 5.14. The lowest BCUT2D eigenvalue weighted by atomic mass is 10.2. The lowest BCUT2D eigenvalue weighted by Crippen LogP contribution is -2.31. The van der Waals surface area contributed by atoms with E-state index in [9.17, 15) is 0 Å². The van der Waals surface area contributed by atoms with Crippen LogP contribution in [0.5, 0.6) is 0 Å². The van der Waals surface area contributed by atoms with Crippen LogP contribution in [0.4, 0.5) is 0 Å². The molecule has 1 fully saturated rings. The topological polar surface area (TPSA) is 41.1 Å². The number of H-pyrrole nitrogens is 1. The van der Waals surface area contributed by atoms with Gasteiger partial charge in [0.1, 0.15) is 0 Å². The summed E-state index contributed by atoms with van der Waals surface area (Å²) in [6.07, 6.45) is 4.56. The minimum Gasteiger partial charge on any atom is -0.377 e. The Labute approximate surface area is 150 Å². The van der Waals surface area contributed by atoms with E-state index in [0.29, 0.717) is 6.10 Å². The van der Waals surface area contributed by atoms with Gasteiger partial charge in [0.15, 0.2) is 0 Å². The Morgan fingerprint density at radius 3 is 3.00 bits per heavy atom. The molecule has 126 valence electrons. The standard InChI is InChI=1S/C18H21N3OS2/c1-2-15(22-8-1)11-21(10-14-6-9-23-13-14)12-16-3-4-18(24-16)17-5-7-19-20-17/h3-7,9,13,15H,1-2,8,10-12H2,(H,19,20)/t15-/m0/s1. The van der Waals surface area contributed by atoms with Crippen molar-refractivity contribution in [1.29, 1.82) is 0 Å². The van der Waals surface area contributed by atoms with Gasteiger partial charge in [-0.1, -0.05) is 0 Å². The Balaban J connectivity index is 1.46. The molecule has 0 aliphatic carbocycles. The predicted octanol–water partition coefficient (Wildman–Crippen LogP) is 4.38. The molecule has 0 saturated carbocycles. The van der Waals surface area contributed by atoms with Crippen LogP contribution in [0.25, 0.3) is 10.6 Å². The van der Waals surface area contributed by atoms with Crippen molar-refractivity contribution in [2.24, 2.45) is 0 Å². The summed E-state index contributed by atoms with van der Waals surface area (Å²) in [6, 6.07) is 8.65. The van der Waals surface area contributed by atoms with Crippen LogP contribution in [0.3, 0.4) is 0 Å². The fourth-order valence-corrected chi connectivity index (χ4v) is 4.81. The molecule has 4 nitrogen and oxygen atoms in total. The second-order valence-corrected chi connectivity index (χ2v) is 8.12. The van der Waals surface area contributed by atoms with Gasteiger partial charge in [-0.2, -0.15) is 16.4 Å². The first-order valence-electron chi connectivity index (χ1n) is 8.30. The molecule has 0 bridgehead atoms. The zero-order valence-electron chi connectivity index (χ0n) is 13.5. The molecule has 3 aromatic rings. The molecule has 1 atom stereocenters. The van der Waals surface area contributed by atoms with E-state index in [1.165, 1.54) is 28.2 Å². The van der Waals surface area contributed by atoms with Crippen LogP contribution in [-0.2, 0) is 17.8 Å². The Morgan fingerprint density at radius 1 is 1.25 bits per heavy atom. The molecule has 24 heavy (non-hydrogen) atoms. The minimum absolute atomic E-state index is 0.385. The molecule has 0 spiro atoms. The third kappa shape index (κ3) is 3.95. The van der Waals surface area contributed by atoms with Crippen molar-refractivity contribution in [2.75, 3.05) is 13.2 Å². The minimum atomic E-state index is 0.385. The van der Waals surface area contributed by atoms with Crippen molar-refractivity contribution in [2.45, 2.75) is 32.0 Å². The molecule has 1 saturated heterocycles. The number of aromatic nitrogens is 2. The predicted molar refractivity (Wildman–Crippen MR) is 99.3 cm³/mol. The highest BCUT2D eigenvalue weighted by molar-refractivity contribution is 7.15. The Bertz CT molecular complexity index is 730. The fraction of sp³-hybridized carbons (Fsp3) is 0.389. The van der Waals surface area contributed by atoms with Gasteiger partial charge in [0, 0.05) is 37.3 Å². The number of nitrogens with one attached hydrogen (secondary N) is 1. The van der Waals surface area contributed by atoms with Crippen LogP contribution in [0.2, 0.25) is 0 Å². The molecule has 0 radical (unpaired) electrons. The average molecular weight is 360 g/mol. The van der Waals surface area contributed by atoms with Gasteiger partial charge < -0.3 is 4.74 Å². The lowest BCUT2D eigenvalue weighted by Gasteiger charge is -2.24. The van der Waals surface area contributed by atoms with E-state index in [0.717, 1.165) is 31.9 Å². The maximum Gasteiger partial charge on any atom is 0.0749 e. The lowest BCUT2D eigenvalue weighted by molar-refractivity contribution is 0.0683. The number of aromatic amines is 1. The highest BCUT2D eigenvalue weighted by Crippen LogP contribution is 2.28. The molecule has 0 amide bonds. The second kappa shape index (κ2) is 7.61. The Morgan fingerprint density at radius 2 is 2.25 bits per heavy atom. The van der Waals surface area contributed by atoms with Crippen molar-refractivity contribution in [3.63, 3.8) is 0 Å². The number of hydrogen-bond acceptors (Lipinski definition) is 5. The third-order valence-corrected chi connectivity index (χ3v) is 6.11. The zero-order chi connectivity index (χ0) is 16.2. The quantitative estimate of drug-likeness (QED) is 0.680. The molecular weight excluding hydrogens is 338 g/mol. The van der Waals surface area contributed by atoms with E-state index >= 15 is 0 Å². The normalized spacial score (nSPS) is 17.8. The highest BCUT2D eigenvalue weighted by atomic mass is 32.1. The van der Waals surface area contributed by atoms with E-state index in [2.05, 4.69) is 44.1 Å². The number of rotatable bonds is 7. The summed E-state index contributed by atoms with van der Waals surface area (Å²) < 4.78 is 5.86. The zero-order valence-corrected chi connectivity index (χ0v) is 15.1. The monoisotopic (exact) mass is 359 g/mol. The first-order valence-corrected chi connectivity index (χ1v) is 10.1. The summed E-state index contributed by atoms with van der Waals surface area (Å²) in [5.41, 5.74) is 2.48. The van der Waals surface area contributed by atoms with Crippen molar-refractivity contribution in [3.8, 4) is 10.6 Å². The van der Waals surface area contributed by atoms with Crippen molar-refractivity contribution in [3.05, 3.63) is 51.7 Å². The molecule has 0 aromatic carbocycles. The summed E-state index contributed by atoms with van der Waals surface area (Å²) >= 11 is 3.60. The van der Waals surface area contributed by atoms with Gasteiger partial charge in [-0.25, -0.2) is 0 Å². The molecule has 4 heterocycles. The van der Waals surface area contributed by atoms with Gasteiger partial charge >= 0.3 is 0 Å². The Kier molecular flexibility index (Phi) is 5.08. The number of hydrogen-bond donors (Lipinski definition) is 1. The summed E-state index contributed by atoms with van der Waals surface area (Å²) in [5.74, 6) is 0. The van der Waals surface area contributed by atoms with E-state index in [-0.39, 0.29) is 0 Å². The molecule has 1 aliphatic rings.